The average molecular weight is 216 g/mol. The number of hydrogen-bond donors (Lipinski definition) is 0. The highest BCUT2D eigenvalue weighted by Crippen LogP contribution is 2.48. The summed E-state index contributed by atoms with van der Waals surface area (Å²) >= 11 is 0. The maximum atomic E-state index is 2.37. The molecule has 0 heteroatoms. The molecule has 1 aromatic carbocycles. The maximum absolute atomic E-state index is 2.37. The van der Waals surface area contributed by atoms with E-state index >= 15 is 0 Å². The lowest BCUT2D eigenvalue weighted by atomic mass is 9.68. The Bertz CT molecular complexity index is 323. The summed E-state index contributed by atoms with van der Waals surface area (Å²) in [6.45, 7) is 7.11. The molecule has 1 aromatic rings. The van der Waals surface area contributed by atoms with E-state index in [4.69, 9.17) is 0 Å². The predicted octanol–water partition coefficient (Wildman–Crippen LogP) is 4.93. The molecule has 1 fully saturated rings. The van der Waals surface area contributed by atoms with Crippen molar-refractivity contribution in [2.24, 2.45) is 5.41 Å². The van der Waals surface area contributed by atoms with Crippen LogP contribution in [0.3, 0.4) is 0 Å². The lowest BCUT2D eigenvalue weighted by Gasteiger charge is -2.36. The van der Waals surface area contributed by atoms with Gasteiger partial charge in [-0.05, 0) is 35.7 Å². The molecule has 0 aromatic heterocycles. The zero-order valence-electron chi connectivity index (χ0n) is 10.9. The minimum atomic E-state index is 0.431. The van der Waals surface area contributed by atoms with Gasteiger partial charge < -0.3 is 0 Å². The molecule has 0 atom stereocenters. The summed E-state index contributed by atoms with van der Waals surface area (Å²) in [5.74, 6) is 0. The van der Waals surface area contributed by atoms with Crippen molar-refractivity contribution in [3.8, 4) is 0 Å². The second-order valence-electron chi connectivity index (χ2n) is 6.59. The maximum Gasteiger partial charge on any atom is -0.00420 e. The lowest BCUT2D eigenvalue weighted by molar-refractivity contribution is 0.254. The Labute approximate surface area is 100 Å². The van der Waals surface area contributed by atoms with Crippen molar-refractivity contribution in [1.82, 2.24) is 0 Å². The molecule has 16 heavy (non-hydrogen) atoms. The first-order valence-electron chi connectivity index (χ1n) is 6.57. The molecule has 0 N–H and O–H groups in total. The van der Waals surface area contributed by atoms with Crippen LogP contribution in [0.15, 0.2) is 30.3 Å². The van der Waals surface area contributed by atoms with E-state index in [1.165, 1.54) is 32.1 Å². The van der Waals surface area contributed by atoms with Crippen molar-refractivity contribution in [3.63, 3.8) is 0 Å². The first-order valence-corrected chi connectivity index (χ1v) is 6.57. The molecule has 0 heterocycles. The first kappa shape index (κ1) is 11.7. The van der Waals surface area contributed by atoms with Gasteiger partial charge >= 0.3 is 0 Å². The molecule has 1 aliphatic carbocycles. The second-order valence-corrected chi connectivity index (χ2v) is 6.59. The summed E-state index contributed by atoms with van der Waals surface area (Å²) in [6, 6.07) is 11.2. The predicted molar refractivity (Wildman–Crippen MR) is 70.7 cm³/mol. The van der Waals surface area contributed by atoms with Gasteiger partial charge in [0, 0.05) is 0 Å². The summed E-state index contributed by atoms with van der Waals surface area (Å²) < 4.78 is 0. The Balaban J connectivity index is 2.29. The van der Waals surface area contributed by atoms with E-state index in [2.05, 4.69) is 51.1 Å². The molecule has 0 amide bonds. The number of benzene rings is 1. The van der Waals surface area contributed by atoms with Gasteiger partial charge in [-0.3, -0.25) is 0 Å². The van der Waals surface area contributed by atoms with Crippen LogP contribution < -0.4 is 0 Å². The van der Waals surface area contributed by atoms with E-state index < -0.39 is 0 Å². The monoisotopic (exact) mass is 216 g/mol. The largest absolute Gasteiger partial charge is 0.0622 e. The van der Waals surface area contributed by atoms with Gasteiger partial charge in [0.05, 0.1) is 0 Å². The molecule has 0 bridgehead atoms. The van der Waals surface area contributed by atoms with Crippen LogP contribution in [0.2, 0.25) is 0 Å². The van der Waals surface area contributed by atoms with Crippen LogP contribution in [-0.2, 0) is 5.41 Å². The summed E-state index contributed by atoms with van der Waals surface area (Å²) in [4.78, 5) is 0. The number of rotatable bonds is 2. The van der Waals surface area contributed by atoms with Crippen molar-refractivity contribution < 1.29 is 0 Å². The summed E-state index contributed by atoms with van der Waals surface area (Å²) in [5, 5.41) is 0. The molecule has 1 aliphatic rings. The Morgan fingerprint density at radius 3 is 2.06 bits per heavy atom. The van der Waals surface area contributed by atoms with Gasteiger partial charge in [-0.15, -0.1) is 0 Å². The SMILES string of the molecule is CC(C)(C)CC1(c2ccccc2)CCCC1. The van der Waals surface area contributed by atoms with E-state index in [1.807, 2.05) is 0 Å². The van der Waals surface area contributed by atoms with Crippen molar-refractivity contribution in [3.05, 3.63) is 35.9 Å². The van der Waals surface area contributed by atoms with Crippen molar-refractivity contribution in [2.75, 3.05) is 0 Å². The van der Waals surface area contributed by atoms with Crippen molar-refractivity contribution in [1.29, 1.82) is 0 Å². The van der Waals surface area contributed by atoms with Gasteiger partial charge in [-0.1, -0.05) is 63.9 Å². The smallest absolute Gasteiger partial charge is 0.00420 e. The van der Waals surface area contributed by atoms with Gasteiger partial charge in [0.2, 0.25) is 0 Å². The molecule has 0 saturated heterocycles. The molecule has 0 radical (unpaired) electrons. The van der Waals surface area contributed by atoms with Crippen LogP contribution in [-0.4, -0.2) is 0 Å². The zero-order chi connectivity index (χ0) is 11.6. The topological polar surface area (TPSA) is 0 Å². The second kappa shape index (κ2) is 4.24. The fourth-order valence-electron chi connectivity index (χ4n) is 3.43. The van der Waals surface area contributed by atoms with Gasteiger partial charge in [-0.25, -0.2) is 0 Å². The van der Waals surface area contributed by atoms with Gasteiger partial charge in [-0.2, -0.15) is 0 Å². The van der Waals surface area contributed by atoms with Crippen LogP contribution in [0.4, 0.5) is 0 Å². The number of hydrogen-bond acceptors (Lipinski definition) is 0. The highest BCUT2D eigenvalue weighted by Gasteiger charge is 2.38. The molecule has 88 valence electrons. The Kier molecular flexibility index (Phi) is 3.10. The van der Waals surface area contributed by atoms with Gasteiger partial charge in [0.25, 0.3) is 0 Å². The standard InChI is InChI=1S/C16H24/c1-15(2,3)13-16(11-7-8-12-16)14-9-5-4-6-10-14/h4-6,9-10H,7-8,11-13H2,1-3H3. The van der Waals surface area contributed by atoms with Crippen LogP contribution in [0, 0.1) is 5.41 Å². The first-order chi connectivity index (χ1) is 7.52. The van der Waals surface area contributed by atoms with E-state index in [9.17, 15) is 0 Å². The molecule has 0 spiro atoms. The van der Waals surface area contributed by atoms with Gasteiger partial charge in [0.1, 0.15) is 0 Å². The third-order valence-corrected chi connectivity index (χ3v) is 3.82. The molecular weight excluding hydrogens is 192 g/mol. The van der Waals surface area contributed by atoms with E-state index in [0.29, 0.717) is 10.8 Å². The minimum Gasteiger partial charge on any atom is -0.0622 e. The fraction of sp³-hybridized carbons (Fsp3) is 0.625. The summed E-state index contributed by atoms with van der Waals surface area (Å²) in [6.07, 6.45) is 6.91. The van der Waals surface area contributed by atoms with Crippen molar-refractivity contribution >= 4 is 0 Å². The molecule has 2 rings (SSSR count). The molecular formula is C16H24. The normalized spacial score (nSPS) is 19.9. The quantitative estimate of drug-likeness (QED) is 0.657. The molecule has 0 aliphatic heterocycles. The highest BCUT2D eigenvalue weighted by atomic mass is 14.4. The highest BCUT2D eigenvalue weighted by molar-refractivity contribution is 5.27. The van der Waals surface area contributed by atoms with E-state index in [1.54, 1.807) is 5.56 Å². The third kappa shape index (κ3) is 2.48. The van der Waals surface area contributed by atoms with Crippen LogP contribution in [0.25, 0.3) is 0 Å². The Morgan fingerprint density at radius 1 is 1.00 bits per heavy atom. The third-order valence-electron chi connectivity index (χ3n) is 3.82. The van der Waals surface area contributed by atoms with E-state index in [0.717, 1.165) is 0 Å². The summed E-state index contributed by atoms with van der Waals surface area (Å²) in [5.41, 5.74) is 2.47. The molecule has 0 nitrogen and oxygen atoms in total. The van der Waals surface area contributed by atoms with Crippen molar-refractivity contribution in [2.45, 2.75) is 58.3 Å². The van der Waals surface area contributed by atoms with Crippen LogP contribution in [0.5, 0.6) is 0 Å². The molecule has 0 unspecified atom stereocenters. The lowest BCUT2D eigenvalue weighted by Crippen LogP contribution is -2.28. The zero-order valence-corrected chi connectivity index (χ0v) is 10.9. The van der Waals surface area contributed by atoms with Crippen LogP contribution in [0.1, 0.15) is 58.4 Å². The Hall–Kier alpha value is -0.780. The van der Waals surface area contributed by atoms with Crippen LogP contribution >= 0.6 is 0 Å². The Morgan fingerprint density at radius 2 is 1.56 bits per heavy atom. The fourth-order valence-corrected chi connectivity index (χ4v) is 3.43. The average Bonchev–Trinajstić information content (AvgIpc) is 2.66. The minimum absolute atomic E-state index is 0.431. The van der Waals surface area contributed by atoms with E-state index in [-0.39, 0.29) is 0 Å². The van der Waals surface area contributed by atoms with Gasteiger partial charge in [0.15, 0.2) is 0 Å². The molecule has 1 saturated carbocycles. The summed E-state index contributed by atoms with van der Waals surface area (Å²) in [7, 11) is 0.